The normalized spacial score (nSPS) is 23.4. The van der Waals surface area contributed by atoms with Crippen molar-refractivity contribution in [3.63, 3.8) is 0 Å². The predicted octanol–water partition coefficient (Wildman–Crippen LogP) is 0.213. The van der Waals surface area contributed by atoms with Crippen LogP contribution in [0.25, 0.3) is 0 Å². The van der Waals surface area contributed by atoms with Crippen molar-refractivity contribution in [1.29, 1.82) is 0 Å². The molecule has 1 fully saturated rings. The van der Waals surface area contributed by atoms with Gasteiger partial charge in [0.1, 0.15) is 6.04 Å². The van der Waals surface area contributed by atoms with Gasteiger partial charge in [-0.25, -0.2) is 0 Å². The maximum absolute atomic E-state index is 13.0. The molecule has 3 atom stereocenters. The monoisotopic (exact) mass is 308 g/mol. The standard InChI is InChI=1S/C16H28N4O2/c1-10(17-5)14(21)19-13(16(2,3)4)15(22)20-9-7-11-12(20)6-8-18-11/h7,10,12-13,17-18H,6,8-9H2,1-5H3,(H,19,21). The van der Waals surface area contributed by atoms with Crippen LogP contribution in [0.15, 0.2) is 11.8 Å². The minimum absolute atomic E-state index is 0.00380. The first-order valence-corrected chi connectivity index (χ1v) is 7.97. The lowest BCUT2D eigenvalue weighted by molar-refractivity contribution is -0.140. The Kier molecular flexibility index (Phi) is 4.80. The number of fused-ring (bicyclic) bond motifs is 1. The first kappa shape index (κ1) is 16.8. The largest absolute Gasteiger partial charge is 0.387 e. The molecule has 0 aromatic carbocycles. The van der Waals surface area contributed by atoms with Crippen LogP contribution in [-0.4, -0.2) is 55.0 Å². The minimum Gasteiger partial charge on any atom is -0.387 e. The third-order valence-corrected chi connectivity index (χ3v) is 4.50. The Labute approximate surface area is 132 Å². The second-order valence-corrected chi connectivity index (χ2v) is 7.20. The summed E-state index contributed by atoms with van der Waals surface area (Å²) in [6, 6.07) is -0.696. The van der Waals surface area contributed by atoms with Crippen LogP contribution in [0.5, 0.6) is 0 Å². The number of hydrogen-bond acceptors (Lipinski definition) is 4. The van der Waals surface area contributed by atoms with Crippen LogP contribution >= 0.6 is 0 Å². The van der Waals surface area contributed by atoms with Crippen molar-refractivity contribution in [2.45, 2.75) is 52.2 Å². The Morgan fingerprint density at radius 2 is 2.09 bits per heavy atom. The zero-order chi connectivity index (χ0) is 16.5. The summed E-state index contributed by atoms with van der Waals surface area (Å²) in [7, 11) is 1.74. The fraction of sp³-hybridized carbons (Fsp3) is 0.750. The van der Waals surface area contributed by atoms with Gasteiger partial charge in [-0.3, -0.25) is 9.59 Å². The van der Waals surface area contributed by atoms with Crippen LogP contribution in [0.1, 0.15) is 34.1 Å². The summed E-state index contributed by atoms with van der Waals surface area (Å²) in [5, 5.41) is 9.16. The van der Waals surface area contributed by atoms with Crippen molar-refractivity contribution in [1.82, 2.24) is 20.9 Å². The molecule has 0 aromatic heterocycles. The molecular weight excluding hydrogens is 280 g/mol. The molecule has 124 valence electrons. The molecule has 0 radical (unpaired) electrons. The van der Waals surface area contributed by atoms with Crippen molar-refractivity contribution in [3.05, 3.63) is 11.8 Å². The van der Waals surface area contributed by atoms with Crippen molar-refractivity contribution in [3.8, 4) is 0 Å². The Bertz CT molecular complexity index is 481. The van der Waals surface area contributed by atoms with Crippen LogP contribution in [0.3, 0.4) is 0 Å². The van der Waals surface area contributed by atoms with Crippen LogP contribution in [0.4, 0.5) is 0 Å². The zero-order valence-electron chi connectivity index (χ0n) is 14.2. The molecule has 6 nitrogen and oxygen atoms in total. The van der Waals surface area contributed by atoms with Gasteiger partial charge in [-0.05, 0) is 31.9 Å². The minimum atomic E-state index is -0.524. The maximum atomic E-state index is 13.0. The lowest BCUT2D eigenvalue weighted by Gasteiger charge is -2.36. The number of carbonyl (C=O) groups is 2. The zero-order valence-corrected chi connectivity index (χ0v) is 14.2. The van der Waals surface area contributed by atoms with E-state index in [-0.39, 0.29) is 29.3 Å². The quantitative estimate of drug-likeness (QED) is 0.694. The fourth-order valence-corrected chi connectivity index (χ4v) is 2.94. The molecule has 0 spiro atoms. The Morgan fingerprint density at radius 3 is 2.68 bits per heavy atom. The lowest BCUT2D eigenvalue weighted by Crippen LogP contribution is -2.58. The van der Waals surface area contributed by atoms with Crippen molar-refractivity contribution in [2.75, 3.05) is 20.1 Å². The molecule has 0 bridgehead atoms. The Balaban J connectivity index is 2.12. The van der Waals surface area contributed by atoms with Crippen molar-refractivity contribution < 1.29 is 9.59 Å². The van der Waals surface area contributed by atoms with E-state index < -0.39 is 6.04 Å². The van der Waals surface area contributed by atoms with Gasteiger partial charge >= 0.3 is 0 Å². The average molecular weight is 308 g/mol. The van der Waals surface area contributed by atoms with Gasteiger partial charge in [-0.2, -0.15) is 0 Å². The average Bonchev–Trinajstić information content (AvgIpc) is 3.04. The summed E-state index contributed by atoms with van der Waals surface area (Å²) in [6.07, 6.45) is 3.02. The molecule has 2 heterocycles. The van der Waals surface area contributed by atoms with Gasteiger partial charge in [0.15, 0.2) is 0 Å². The highest BCUT2D eigenvalue weighted by Crippen LogP contribution is 2.28. The van der Waals surface area contributed by atoms with Gasteiger partial charge in [-0.1, -0.05) is 20.8 Å². The van der Waals surface area contributed by atoms with Crippen molar-refractivity contribution >= 4 is 11.8 Å². The molecule has 6 heteroatoms. The summed E-state index contributed by atoms with van der Waals surface area (Å²) >= 11 is 0. The van der Waals surface area contributed by atoms with E-state index in [9.17, 15) is 9.59 Å². The molecule has 0 saturated carbocycles. The predicted molar refractivity (Wildman–Crippen MR) is 86.1 cm³/mol. The topological polar surface area (TPSA) is 73.5 Å². The molecule has 2 aliphatic rings. The van der Waals surface area contributed by atoms with E-state index in [1.54, 1.807) is 14.0 Å². The molecule has 3 unspecified atom stereocenters. The second-order valence-electron chi connectivity index (χ2n) is 7.20. The maximum Gasteiger partial charge on any atom is 0.246 e. The number of hydrogen-bond donors (Lipinski definition) is 3. The van der Waals surface area contributed by atoms with E-state index >= 15 is 0 Å². The van der Waals surface area contributed by atoms with Crippen molar-refractivity contribution in [2.24, 2.45) is 5.41 Å². The molecule has 22 heavy (non-hydrogen) atoms. The molecular formula is C16H28N4O2. The first-order valence-electron chi connectivity index (χ1n) is 7.97. The second kappa shape index (κ2) is 6.28. The molecule has 3 N–H and O–H groups in total. The summed E-state index contributed by atoms with van der Waals surface area (Å²) in [5.74, 6) is -0.142. The number of nitrogens with zero attached hydrogens (tertiary/aromatic N) is 1. The van der Waals surface area contributed by atoms with Gasteiger partial charge in [0.25, 0.3) is 0 Å². The highest BCUT2D eigenvalue weighted by molar-refractivity contribution is 5.90. The van der Waals surface area contributed by atoms with E-state index in [4.69, 9.17) is 0 Å². The van der Waals surface area contributed by atoms with Gasteiger partial charge in [0.2, 0.25) is 11.8 Å². The Morgan fingerprint density at radius 1 is 1.41 bits per heavy atom. The number of rotatable bonds is 4. The van der Waals surface area contributed by atoms with E-state index in [0.717, 1.165) is 18.7 Å². The number of nitrogens with one attached hydrogen (secondary N) is 3. The SMILES string of the molecule is CNC(C)C(=O)NC(C(=O)N1CC=C2NCCC21)C(C)(C)C. The van der Waals surface area contributed by atoms with E-state index in [1.165, 1.54) is 0 Å². The summed E-state index contributed by atoms with van der Waals surface area (Å²) in [5.41, 5.74) is 0.811. The molecule has 0 aliphatic carbocycles. The molecule has 2 aliphatic heterocycles. The first-order chi connectivity index (χ1) is 10.3. The van der Waals surface area contributed by atoms with Crippen LogP contribution in [0, 0.1) is 5.41 Å². The molecule has 2 rings (SSSR count). The van der Waals surface area contributed by atoms with Crippen LogP contribution in [0.2, 0.25) is 0 Å². The van der Waals surface area contributed by atoms with E-state index in [2.05, 4.69) is 22.0 Å². The van der Waals surface area contributed by atoms with Crippen LogP contribution < -0.4 is 16.0 Å². The summed E-state index contributed by atoms with van der Waals surface area (Å²) in [4.78, 5) is 27.1. The highest BCUT2D eigenvalue weighted by Gasteiger charge is 2.41. The van der Waals surface area contributed by atoms with Gasteiger partial charge in [0, 0.05) is 18.8 Å². The third-order valence-electron chi connectivity index (χ3n) is 4.50. The van der Waals surface area contributed by atoms with Gasteiger partial charge in [-0.15, -0.1) is 0 Å². The lowest BCUT2D eigenvalue weighted by atomic mass is 9.85. The summed E-state index contributed by atoms with van der Waals surface area (Å²) in [6.45, 7) is 9.26. The summed E-state index contributed by atoms with van der Waals surface area (Å²) < 4.78 is 0. The van der Waals surface area contributed by atoms with E-state index in [1.807, 2.05) is 25.7 Å². The fourth-order valence-electron chi connectivity index (χ4n) is 2.94. The molecule has 0 aromatic rings. The van der Waals surface area contributed by atoms with Crippen LogP contribution in [-0.2, 0) is 9.59 Å². The van der Waals surface area contributed by atoms with Gasteiger partial charge in [0.05, 0.1) is 12.1 Å². The molecule has 2 amide bonds. The number of likely N-dealkylation sites (N-methyl/N-ethyl adjacent to an activating group) is 1. The number of amides is 2. The third kappa shape index (κ3) is 3.27. The smallest absolute Gasteiger partial charge is 0.246 e. The van der Waals surface area contributed by atoms with Gasteiger partial charge < -0.3 is 20.9 Å². The van der Waals surface area contributed by atoms with E-state index in [0.29, 0.717) is 6.54 Å². The Hall–Kier alpha value is -1.56. The highest BCUT2D eigenvalue weighted by atomic mass is 16.2. The number of carbonyl (C=O) groups excluding carboxylic acids is 2. The molecule has 1 saturated heterocycles.